The highest BCUT2D eigenvalue weighted by Gasteiger charge is 2.25. The first-order chi connectivity index (χ1) is 12.2. The van der Waals surface area contributed by atoms with E-state index in [1.807, 2.05) is 17.0 Å². The van der Waals surface area contributed by atoms with Gasteiger partial charge in [0.25, 0.3) is 5.56 Å². The Labute approximate surface area is 144 Å². The lowest BCUT2D eigenvalue weighted by atomic mass is 9.95. The molecule has 3 heterocycles. The average molecular weight is 337 g/mol. The fourth-order valence-electron chi connectivity index (χ4n) is 3.42. The van der Waals surface area contributed by atoms with Gasteiger partial charge >= 0.3 is 0 Å². The summed E-state index contributed by atoms with van der Waals surface area (Å²) in [5, 5.41) is 7.52. The van der Waals surface area contributed by atoms with Crippen molar-refractivity contribution in [3.05, 3.63) is 58.9 Å². The Bertz CT molecular complexity index is 948. The van der Waals surface area contributed by atoms with Crippen molar-refractivity contribution in [3.8, 4) is 0 Å². The van der Waals surface area contributed by atoms with Crippen molar-refractivity contribution in [1.82, 2.24) is 24.6 Å². The highest BCUT2D eigenvalue weighted by Crippen LogP contribution is 2.25. The molecule has 1 amide bonds. The fraction of sp³-hybridized carbons (Fsp3) is 0.333. The molecule has 0 unspecified atom stereocenters. The van der Waals surface area contributed by atoms with E-state index in [1.54, 1.807) is 24.4 Å². The maximum absolute atomic E-state index is 12.7. The molecule has 0 spiro atoms. The summed E-state index contributed by atoms with van der Waals surface area (Å²) < 4.78 is 1.39. The molecule has 7 nitrogen and oxygen atoms in total. The third-order valence-electron chi connectivity index (χ3n) is 4.77. The third-order valence-corrected chi connectivity index (χ3v) is 4.77. The van der Waals surface area contributed by atoms with Gasteiger partial charge in [-0.2, -0.15) is 5.10 Å². The van der Waals surface area contributed by atoms with Crippen LogP contribution in [0.2, 0.25) is 0 Å². The van der Waals surface area contributed by atoms with Gasteiger partial charge in [-0.05, 0) is 31.0 Å². The number of aromatic amines is 1. The van der Waals surface area contributed by atoms with Crippen LogP contribution in [0.25, 0.3) is 10.9 Å². The minimum Gasteiger partial charge on any atom is -0.340 e. The van der Waals surface area contributed by atoms with Crippen molar-refractivity contribution in [2.45, 2.75) is 25.3 Å². The Hall–Kier alpha value is -2.96. The van der Waals surface area contributed by atoms with E-state index in [9.17, 15) is 9.59 Å². The molecule has 0 bridgehead atoms. The van der Waals surface area contributed by atoms with Crippen LogP contribution in [0, 0.1) is 0 Å². The first-order valence-electron chi connectivity index (χ1n) is 8.43. The lowest BCUT2D eigenvalue weighted by Crippen LogP contribution is -2.42. The molecular formula is C18H19N5O2. The van der Waals surface area contributed by atoms with E-state index >= 15 is 0 Å². The largest absolute Gasteiger partial charge is 0.340 e. The van der Waals surface area contributed by atoms with Crippen LogP contribution >= 0.6 is 0 Å². The zero-order valence-electron chi connectivity index (χ0n) is 13.8. The van der Waals surface area contributed by atoms with Gasteiger partial charge in [0, 0.05) is 30.9 Å². The number of amides is 1. The summed E-state index contributed by atoms with van der Waals surface area (Å²) in [6, 6.07) is 9.13. The highest BCUT2D eigenvalue weighted by atomic mass is 16.2. The van der Waals surface area contributed by atoms with E-state index in [4.69, 9.17) is 0 Å². The number of carbonyl (C=O) groups is 1. The maximum Gasteiger partial charge on any atom is 0.261 e. The van der Waals surface area contributed by atoms with Gasteiger partial charge in [-0.15, -0.1) is 0 Å². The number of nitrogens with zero attached hydrogens (tertiary/aromatic N) is 4. The number of para-hydroxylation sites is 1. The number of aromatic nitrogens is 4. The normalized spacial score (nSPS) is 17.8. The van der Waals surface area contributed by atoms with Gasteiger partial charge in [0.2, 0.25) is 5.91 Å². The molecule has 0 radical (unpaired) electrons. The predicted molar refractivity (Wildman–Crippen MR) is 93.1 cm³/mol. The molecule has 0 aliphatic carbocycles. The van der Waals surface area contributed by atoms with E-state index in [-0.39, 0.29) is 23.9 Å². The zero-order valence-corrected chi connectivity index (χ0v) is 13.8. The molecule has 4 rings (SSSR count). The van der Waals surface area contributed by atoms with E-state index in [0.29, 0.717) is 17.4 Å². The van der Waals surface area contributed by atoms with Gasteiger partial charge in [0.1, 0.15) is 6.54 Å². The van der Waals surface area contributed by atoms with Gasteiger partial charge in [0.05, 0.1) is 17.2 Å². The number of piperidine rings is 1. The summed E-state index contributed by atoms with van der Waals surface area (Å²) in [4.78, 5) is 31.3. The molecule has 1 aliphatic heterocycles. The summed E-state index contributed by atoms with van der Waals surface area (Å²) in [5.41, 5.74) is 1.52. The van der Waals surface area contributed by atoms with Crippen LogP contribution in [-0.2, 0) is 11.3 Å². The molecule has 1 saturated heterocycles. The minimum atomic E-state index is -0.180. The van der Waals surface area contributed by atoms with Crippen molar-refractivity contribution < 1.29 is 4.79 Å². The molecule has 1 aromatic carbocycles. The Morgan fingerprint density at radius 2 is 2.16 bits per heavy atom. The molecule has 1 fully saturated rings. The molecule has 0 saturated carbocycles. The Balaban J connectivity index is 1.52. The fourth-order valence-corrected chi connectivity index (χ4v) is 3.42. The van der Waals surface area contributed by atoms with Crippen LogP contribution in [0.1, 0.15) is 24.5 Å². The molecular weight excluding hydrogens is 318 g/mol. The first-order valence-corrected chi connectivity index (χ1v) is 8.43. The van der Waals surface area contributed by atoms with E-state index in [1.165, 1.54) is 10.9 Å². The smallest absolute Gasteiger partial charge is 0.261 e. The lowest BCUT2D eigenvalue weighted by Gasteiger charge is -2.32. The number of hydrogen-bond donors (Lipinski definition) is 1. The molecule has 1 aliphatic rings. The number of hydrogen-bond acceptors (Lipinski definition) is 4. The second-order valence-electron chi connectivity index (χ2n) is 6.39. The van der Waals surface area contributed by atoms with E-state index in [2.05, 4.69) is 15.2 Å². The Morgan fingerprint density at radius 3 is 3.00 bits per heavy atom. The Morgan fingerprint density at radius 1 is 1.28 bits per heavy atom. The molecule has 2 aromatic heterocycles. The predicted octanol–water partition coefficient (Wildman–Crippen LogP) is 1.53. The number of rotatable bonds is 3. The number of carbonyl (C=O) groups excluding carboxylic acids is 1. The van der Waals surface area contributed by atoms with Gasteiger partial charge in [-0.1, -0.05) is 12.1 Å². The molecule has 3 aromatic rings. The zero-order chi connectivity index (χ0) is 17.2. The van der Waals surface area contributed by atoms with Crippen LogP contribution in [0.3, 0.4) is 0 Å². The van der Waals surface area contributed by atoms with Crippen LogP contribution < -0.4 is 5.56 Å². The average Bonchev–Trinajstić information content (AvgIpc) is 3.19. The number of H-pyrrole nitrogens is 1. The monoisotopic (exact) mass is 337 g/mol. The Kier molecular flexibility index (Phi) is 4.05. The van der Waals surface area contributed by atoms with Gasteiger partial charge in [0.15, 0.2) is 0 Å². The third kappa shape index (κ3) is 3.05. The van der Waals surface area contributed by atoms with E-state index in [0.717, 1.165) is 25.1 Å². The van der Waals surface area contributed by atoms with Gasteiger partial charge in [-0.25, -0.2) is 4.98 Å². The van der Waals surface area contributed by atoms with Crippen LogP contribution in [0.15, 0.2) is 47.7 Å². The summed E-state index contributed by atoms with van der Waals surface area (Å²) in [6.45, 7) is 1.39. The van der Waals surface area contributed by atoms with Crippen LogP contribution in [0.5, 0.6) is 0 Å². The van der Waals surface area contributed by atoms with Crippen molar-refractivity contribution in [2.24, 2.45) is 0 Å². The van der Waals surface area contributed by atoms with Crippen molar-refractivity contribution in [1.29, 1.82) is 0 Å². The lowest BCUT2D eigenvalue weighted by molar-refractivity contribution is -0.133. The topological polar surface area (TPSA) is 83.9 Å². The molecule has 7 heteroatoms. The summed E-state index contributed by atoms with van der Waals surface area (Å²) >= 11 is 0. The molecule has 128 valence electrons. The second-order valence-corrected chi connectivity index (χ2v) is 6.39. The van der Waals surface area contributed by atoms with Crippen molar-refractivity contribution in [3.63, 3.8) is 0 Å². The second kappa shape index (κ2) is 6.51. The van der Waals surface area contributed by atoms with Crippen molar-refractivity contribution in [2.75, 3.05) is 13.1 Å². The SMILES string of the molecule is O=C(Cn1cnc2ccccc2c1=O)N1CCC[C@H](c2ccn[nH]2)C1. The van der Waals surface area contributed by atoms with Gasteiger partial charge < -0.3 is 4.90 Å². The highest BCUT2D eigenvalue weighted by molar-refractivity contribution is 5.79. The maximum atomic E-state index is 12.7. The van der Waals surface area contributed by atoms with Crippen LogP contribution in [-0.4, -0.2) is 43.6 Å². The van der Waals surface area contributed by atoms with Crippen molar-refractivity contribution >= 4 is 16.8 Å². The quantitative estimate of drug-likeness (QED) is 0.785. The standard InChI is InChI=1S/C18H19N5O2/c24-17(22-9-3-4-13(10-22)15-7-8-20-21-15)11-23-12-19-16-6-2-1-5-14(16)18(23)25/h1-2,5-8,12-13H,3-4,9-11H2,(H,20,21)/t13-/m0/s1. The number of likely N-dealkylation sites (tertiary alicyclic amines) is 1. The van der Waals surface area contributed by atoms with E-state index < -0.39 is 0 Å². The summed E-state index contributed by atoms with van der Waals surface area (Å²) in [5.74, 6) is 0.218. The minimum absolute atomic E-state index is 0.0202. The number of nitrogens with one attached hydrogen (secondary N) is 1. The van der Waals surface area contributed by atoms with Gasteiger partial charge in [-0.3, -0.25) is 19.3 Å². The number of fused-ring (bicyclic) bond motifs is 1. The summed E-state index contributed by atoms with van der Waals surface area (Å²) in [6.07, 6.45) is 5.17. The number of benzene rings is 1. The molecule has 1 atom stereocenters. The molecule has 25 heavy (non-hydrogen) atoms. The van der Waals surface area contributed by atoms with Crippen LogP contribution in [0.4, 0.5) is 0 Å². The first kappa shape index (κ1) is 15.6. The summed E-state index contributed by atoms with van der Waals surface area (Å²) in [7, 11) is 0. The molecule has 1 N–H and O–H groups in total.